The number of methoxy groups -OCH3 is 1. The summed E-state index contributed by atoms with van der Waals surface area (Å²) in [5, 5.41) is 2.75. The average Bonchev–Trinajstić information content (AvgIpc) is 2.65. The third-order valence-corrected chi connectivity index (χ3v) is 6.07. The van der Waals surface area contributed by atoms with Gasteiger partial charge in [0.25, 0.3) is 0 Å². The van der Waals surface area contributed by atoms with Crippen LogP contribution in [0, 0.1) is 13.8 Å². The molecule has 0 spiro atoms. The molecule has 0 aromatic heterocycles. The largest absolute Gasteiger partial charge is 0.385 e. The summed E-state index contributed by atoms with van der Waals surface area (Å²) in [5.74, 6) is -0.334. The number of hydrogen-bond donors (Lipinski definition) is 1. The predicted octanol–water partition coefficient (Wildman–Crippen LogP) is 2.65. The van der Waals surface area contributed by atoms with Gasteiger partial charge in [0.1, 0.15) is 0 Å². The minimum Gasteiger partial charge on any atom is -0.385 e. The molecule has 0 unspecified atom stereocenters. The molecule has 0 aliphatic carbocycles. The third kappa shape index (κ3) is 6.44. The first-order valence-corrected chi connectivity index (χ1v) is 10.6. The number of carbonyl (C=O) groups excluding carboxylic acids is 1. The van der Waals surface area contributed by atoms with Gasteiger partial charge in [-0.05, 0) is 38.0 Å². The van der Waals surface area contributed by atoms with Crippen molar-refractivity contribution in [3.63, 3.8) is 0 Å². The highest BCUT2D eigenvalue weighted by Crippen LogP contribution is 2.19. The van der Waals surface area contributed by atoms with E-state index in [9.17, 15) is 13.2 Å². The molecule has 0 fully saturated rings. The summed E-state index contributed by atoms with van der Waals surface area (Å²) < 4.78 is 32.5. The second-order valence-electron chi connectivity index (χ2n) is 6.77. The molecule has 0 saturated carbocycles. The summed E-state index contributed by atoms with van der Waals surface area (Å²) >= 11 is 0. The maximum absolute atomic E-state index is 13.2. The van der Waals surface area contributed by atoms with Crippen molar-refractivity contribution in [3.05, 3.63) is 65.2 Å². The molecule has 7 heteroatoms. The van der Waals surface area contributed by atoms with Gasteiger partial charge < -0.3 is 10.1 Å². The van der Waals surface area contributed by atoms with Gasteiger partial charge in [0.05, 0.1) is 11.4 Å². The summed E-state index contributed by atoms with van der Waals surface area (Å²) in [4.78, 5) is 12.5. The monoisotopic (exact) mass is 404 g/mol. The fourth-order valence-corrected chi connectivity index (χ4v) is 4.14. The molecule has 0 bridgehead atoms. The van der Waals surface area contributed by atoms with Crippen LogP contribution in [0.1, 0.15) is 23.1 Å². The number of ether oxygens (including phenoxy) is 1. The Bertz CT molecular complexity index is 880. The molecule has 0 radical (unpaired) electrons. The molecule has 2 rings (SSSR count). The second kappa shape index (κ2) is 10.4. The van der Waals surface area contributed by atoms with Crippen LogP contribution in [-0.4, -0.2) is 45.4 Å². The van der Waals surface area contributed by atoms with Crippen LogP contribution in [0.4, 0.5) is 0 Å². The van der Waals surface area contributed by atoms with E-state index in [1.165, 1.54) is 4.31 Å². The van der Waals surface area contributed by atoms with E-state index >= 15 is 0 Å². The van der Waals surface area contributed by atoms with E-state index in [1.54, 1.807) is 31.4 Å². The number of benzene rings is 2. The van der Waals surface area contributed by atoms with Gasteiger partial charge in [-0.1, -0.05) is 47.5 Å². The van der Waals surface area contributed by atoms with Gasteiger partial charge in [-0.15, -0.1) is 0 Å². The molecule has 6 nitrogen and oxygen atoms in total. The van der Waals surface area contributed by atoms with E-state index in [2.05, 4.69) is 5.32 Å². The van der Waals surface area contributed by atoms with Gasteiger partial charge in [-0.25, -0.2) is 8.42 Å². The molecule has 0 heterocycles. The summed E-state index contributed by atoms with van der Waals surface area (Å²) in [5.41, 5.74) is 2.84. The fraction of sp³-hybridized carbons (Fsp3) is 0.381. The SMILES string of the molecule is COCCCNC(=O)CN(Cc1cccc(C)c1)S(=O)(=O)c1ccc(C)cc1. The Morgan fingerprint density at radius 1 is 1.07 bits per heavy atom. The van der Waals surface area contributed by atoms with E-state index < -0.39 is 10.0 Å². The highest BCUT2D eigenvalue weighted by Gasteiger charge is 2.26. The van der Waals surface area contributed by atoms with Crippen molar-refractivity contribution >= 4 is 15.9 Å². The van der Waals surface area contributed by atoms with Crippen LogP contribution >= 0.6 is 0 Å². The van der Waals surface area contributed by atoms with E-state index in [0.717, 1.165) is 16.7 Å². The first kappa shape index (κ1) is 22.1. The van der Waals surface area contributed by atoms with Crippen LogP contribution in [0.5, 0.6) is 0 Å². The predicted molar refractivity (Wildman–Crippen MR) is 109 cm³/mol. The molecule has 2 aromatic carbocycles. The first-order chi connectivity index (χ1) is 13.3. The minimum atomic E-state index is -3.81. The zero-order chi connectivity index (χ0) is 20.6. The van der Waals surface area contributed by atoms with Crippen LogP contribution in [0.25, 0.3) is 0 Å². The van der Waals surface area contributed by atoms with Crippen molar-refractivity contribution in [1.29, 1.82) is 0 Å². The van der Waals surface area contributed by atoms with Crippen molar-refractivity contribution in [1.82, 2.24) is 9.62 Å². The van der Waals surface area contributed by atoms with Crippen LogP contribution in [0.3, 0.4) is 0 Å². The zero-order valence-corrected chi connectivity index (χ0v) is 17.5. The van der Waals surface area contributed by atoms with E-state index in [4.69, 9.17) is 4.74 Å². The number of aryl methyl sites for hydroxylation is 2. The molecule has 0 aliphatic rings. The number of carbonyl (C=O) groups is 1. The molecule has 28 heavy (non-hydrogen) atoms. The Morgan fingerprint density at radius 3 is 2.43 bits per heavy atom. The Kier molecular flexibility index (Phi) is 8.17. The lowest BCUT2D eigenvalue weighted by atomic mass is 10.1. The fourth-order valence-electron chi connectivity index (χ4n) is 2.76. The highest BCUT2D eigenvalue weighted by atomic mass is 32.2. The molecule has 0 saturated heterocycles. The summed E-state index contributed by atoms with van der Waals surface area (Å²) in [6.07, 6.45) is 0.671. The van der Waals surface area contributed by atoms with Crippen LogP contribution < -0.4 is 5.32 Å². The lowest BCUT2D eigenvalue weighted by Crippen LogP contribution is -2.40. The number of nitrogens with one attached hydrogen (secondary N) is 1. The maximum Gasteiger partial charge on any atom is 0.243 e. The van der Waals surface area contributed by atoms with Gasteiger partial charge in [0, 0.05) is 26.8 Å². The van der Waals surface area contributed by atoms with Crippen molar-refractivity contribution in [2.45, 2.75) is 31.7 Å². The summed E-state index contributed by atoms with van der Waals surface area (Å²) in [6.45, 7) is 4.71. The highest BCUT2D eigenvalue weighted by molar-refractivity contribution is 7.89. The number of rotatable bonds is 10. The lowest BCUT2D eigenvalue weighted by molar-refractivity contribution is -0.121. The number of sulfonamides is 1. The molecule has 1 amide bonds. The summed E-state index contributed by atoms with van der Waals surface area (Å²) in [7, 11) is -2.21. The number of amides is 1. The molecule has 1 N–H and O–H groups in total. The van der Waals surface area contributed by atoms with E-state index in [1.807, 2.05) is 38.1 Å². The maximum atomic E-state index is 13.2. The second-order valence-corrected chi connectivity index (χ2v) is 8.71. The average molecular weight is 405 g/mol. The molecule has 0 atom stereocenters. The number of nitrogens with zero attached hydrogens (tertiary/aromatic N) is 1. The molecule has 2 aromatic rings. The Balaban J connectivity index is 2.22. The minimum absolute atomic E-state index is 0.128. The molecular weight excluding hydrogens is 376 g/mol. The van der Waals surface area contributed by atoms with Gasteiger partial charge in [0.15, 0.2) is 0 Å². The standard InChI is InChI=1S/C21H28N2O4S/c1-17-8-10-20(11-9-17)28(25,26)23(15-19-7-4-6-18(2)14-19)16-21(24)22-12-5-13-27-3/h4,6-11,14H,5,12-13,15-16H2,1-3H3,(H,22,24). The van der Waals surface area contributed by atoms with E-state index in [-0.39, 0.29) is 23.9 Å². The molecular formula is C21H28N2O4S. The van der Waals surface area contributed by atoms with Crippen LogP contribution in [0.15, 0.2) is 53.4 Å². The smallest absolute Gasteiger partial charge is 0.243 e. The number of hydrogen-bond acceptors (Lipinski definition) is 4. The topological polar surface area (TPSA) is 75.7 Å². The Hall–Kier alpha value is -2.22. The summed E-state index contributed by atoms with van der Waals surface area (Å²) in [6, 6.07) is 14.3. The van der Waals surface area contributed by atoms with Gasteiger partial charge in [0.2, 0.25) is 15.9 Å². The van der Waals surface area contributed by atoms with Crippen molar-refractivity contribution in [2.24, 2.45) is 0 Å². The molecule has 152 valence electrons. The quantitative estimate of drug-likeness (QED) is 0.618. The third-order valence-electron chi connectivity index (χ3n) is 4.27. The van der Waals surface area contributed by atoms with Crippen molar-refractivity contribution in [3.8, 4) is 0 Å². The Morgan fingerprint density at radius 2 is 1.79 bits per heavy atom. The van der Waals surface area contributed by atoms with Crippen molar-refractivity contribution < 1.29 is 17.9 Å². The Labute approximate surface area is 167 Å². The molecule has 0 aliphatic heterocycles. The lowest BCUT2D eigenvalue weighted by Gasteiger charge is -2.22. The van der Waals surface area contributed by atoms with Crippen molar-refractivity contribution in [2.75, 3.05) is 26.8 Å². The zero-order valence-electron chi connectivity index (χ0n) is 16.6. The normalized spacial score (nSPS) is 11.6. The van der Waals surface area contributed by atoms with Gasteiger partial charge in [-0.2, -0.15) is 4.31 Å². The van der Waals surface area contributed by atoms with Crippen LogP contribution in [0.2, 0.25) is 0 Å². The first-order valence-electron chi connectivity index (χ1n) is 9.21. The van der Waals surface area contributed by atoms with Crippen LogP contribution in [-0.2, 0) is 26.1 Å². The van der Waals surface area contributed by atoms with E-state index in [0.29, 0.717) is 19.6 Å². The van der Waals surface area contributed by atoms with Gasteiger partial charge >= 0.3 is 0 Å². The van der Waals surface area contributed by atoms with Gasteiger partial charge in [-0.3, -0.25) is 4.79 Å².